The first-order valence-electron chi connectivity index (χ1n) is 7.18. The van der Waals surface area contributed by atoms with E-state index in [1.54, 1.807) is 44.6 Å². The largest absolute Gasteiger partial charge is 0.493 e. The molecule has 0 radical (unpaired) electrons. The highest BCUT2D eigenvalue weighted by Crippen LogP contribution is 2.28. The van der Waals surface area contributed by atoms with Crippen LogP contribution in [0.3, 0.4) is 0 Å². The number of methoxy groups -OCH3 is 1. The van der Waals surface area contributed by atoms with Gasteiger partial charge in [0.1, 0.15) is 12.4 Å². The molecular weight excluding hydrogens is 329 g/mol. The molecule has 0 saturated carbocycles. The number of hydrogen-bond acceptors (Lipinski definition) is 4. The highest BCUT2D eigenvalue weighted by molar-refractivity contribution is 7.80. The molecule has 24 heavy (non-hydrogen) atoms. The third-order valence-corrected chi connectivity index (χ3v) is 3.40. The predicted octanol–water partition coefficient (Wildman–Crippen LogP) is 2.84. The van der Waals surface area contributed by atoms with Crippen LogP contribution in [0, 0.1) is 5.82 Å². The van der Waals surface area contributed by atoms with Crippen molar-refractivity contribution >= 4 is 23.5 Å². The quantitative estimate of drug-likeness (QED) is 0.478. The van der Waals surface area contributed by atoms with Gasteiger partial charge in [-0.05, 0) is 53.7 Å². The Hall–Kier alpha value is -2.67. The lowest BCUT2D eigenvalue weighted by Gasteiger charge is -2.11. The summed E-state index contributed by atoms with van der Waals surface area (Å²) in [6, 6.07) is 11.6. The molecule has 2 aromatic rings. The van der Waals surface area contributed by atoms with Crippen molar-refractivity contribution in [2.24, 2.45) is 5.10 Å². The molecule has 2 rings (SSSR count). The van der Waals surface area contributed by atoms with Gasteiger partial charge >= 0.3 is 0 Å². The summed E-state index contributed by atoms with van der Waals surface area (Å²) in [4.78, 5) is 0. The zero-order valence-electron chi connectivity index (χ0n) is 13.4. The van der Waals surface area contributed by atoms with Crippen molar-refractivity contribution in [3.8, 4) is 11.5 Å². The first kappa shape index (κ1) is 17.7. The van der Waals surface area contributed by atoms with Crippen molar-refractivity contribution in [2.75, 3.05) is 14.2 Å². The van der Waals surface area contributed by atoms with Crippen molar-refractivity contribution in [2.45, 2.75) is 6.61 Å². The predicted molar refractivity (Wildman–Crippen MR) is 96.1 cm³/mol. The van der Waals surface area contributed by atoms with Crippen LogP contribution in [0.2, 0.25) is 0 Å². The molecule has 0 aliphatic rings. The molecule has 2 N–H and O–H groups in total. The van der Waals surface area contributed by atoms with Gasteiger partial charge in [-0.2, -0.15) is 5.10 Å². The van der Waals surface area contributed by atoms with Gasteiger partial charge in [0.15, 0.2) is 16.6 Å². The summed E-state index contributed by atoms with van der Waals surface area (Å²) in [5.41, 5.74) is 4.37. The minimum Gasteiger partial charge on any atom is -0.493 e. The number of nitrogens with one attached hydrogen (secondary N) is 2. The van der Waals surface area contributed by atoms with E-state index in [2.05, 4.69) is 15.8 Å². The Morgan fingerprint density at radius 1 is 1.21 bits per heavy atom. The van der Waals surface area contributed by atoms with Gasteiger partial charge in [0, 0.05) is 7.05 Å². The van der Waals surface area contributed by atoms with Crippen molar-refractivity contribution in [3.63, 3.8) is 0 Å². The number of halogens is 1. The molecule has 5 nitrogen and oxygen atoms in total. The maximum atomic E-state index is 12.9. The van der Waals surface area contributed by atoms with Crippen LogP contribution < -0.4 is 20.2 Å². The Morgan fingerprint density at radius 3 is 2.62 bits per heavy atom. The molecule has 0 amide bonds. The number of thiocarbonyl (C=S) groups is 1. The highest BCUT2D eigenvalue weighted by atomic mass is 32.1. The lowest BCUT2D eigenvalue weighted by Crippen LogP contribution is -2.28. The van der Waals surface area contributed by atoms with Gasteiger partial charge < -0.3 is 14.8 Å². The third kappa shape index (κ3) is 5.20. The summed E-state index contributed by atoms with van der Waals surface area (Å²) >= 11 is 4.92. The second-order valence-electron chi connectivity index (χ2n) is 4.77. The van der Waals surface area contributed by atoms with E-state index in [1.807, 2.05) is 6.07 Å². The number of benzene rings is 2. The van der Waals surface area contributed by atoms with Crippen molar-refractivity contribution in [3.05, 3.63) is 59.4 Å². The Morgan fingerprint density at radius 2 is 1.96 bits per heavy atom. The molecule has 7 heteroatoms. The van der Waals surface area contributed by atoms with E-state index in [9.17, 15) is 4.39 Å². The average Bonchev–Trinajstić information content (AvgIpc) is 2.61. The first-order valence-corrected chi connectivity index (χ1v) is 7.59. The van der Waals surface area contributed by atoms with Crippen molar-refractivity contribution in [1.82, 2.24) is 10.7 Å². The summed E-state index contributed by atoms with van der Waals surface area (Å²) in [6.07, 6.45) is 1.62. The van der Waals surface area contributed by atoms with Crippen molar-refractivity contribution in [1.29, 1.82) is 0 Å². The Kier molecular flexibility index (Phi) is 6.51. The molecule has 0 bridgehead atoms. The Labute approximate surface area is 145 Å². The smallest absolute Gasteiger partial charge is 0.186 e. The first-order chi connectivity index (χ1) is 11.6. The van der Waals surface area contributed by atoms with E-state index in [1.165, 1.54) is 12.1 Å². The van der Waals surface area contributed by atoms with Crippen LogP contribution >= 0.6 is 12.2 Å². The van der Waals surface area contributed by atoms with Crippen LogP contribution in [-0.4, -0.2) is 25.5 Å². The molecule has 0 saturated heterocycles. The highest BCUT2D eigenvalue weighted by Gasteiger charge is 2.06. The molecule has 0 heterocycles. The van der Waals surface area contributed by atoms with Gasteiger partial charge in [-0.1, -0.05) is 12.1 Å². The average molecular weight is 347 g/mol. The molecule has 0 aromatic heterocycles. The zero-order valence-corrected chi connectivity index (χ0v) is 14.2. The fourth-order valence-corrected chi connectivity index (χ4v) is 1.90. The summed E-state index contributed by atoms with van der Waals surface area (Å²) in [5.74, 6) is 0.904. The van der Waals surface area contributed by atoms with E-state index in [0.29, 0.717) is 23.2 Å². The number of rotatable bonds is 6. The molecule has 2 aromatic carbocycles. The molecule has 0 spiro atoms. The van der Waals surface area contributed by atoms with Crippen molar-refractivity contribution < 1.29 is 13.9 Å². The maximum absolute atomic E-state index is 12.9. The fraction of sp³-hybridized carbons (Fsp3) is 0.176. The molecule has 0 unspecified atom stereocenters. The normalized spacial score (nSPS) is 10.5. The van der Waals surface area contributed by atoms with Gasteiger partial charge in [0.25, 0.3) is 0 Å². The zero-order chi connectivity index (χ0) is 17.4. The topological polar surface area (TPSA) is 54.9 Å². The van der Waals surface area contributed by atoms with Crippen LogP contribution in [0.15, 0.2) is 47.6 Å². The number of hydrazone groups is 1. The molecule has 126 valence electrons. The lowest BCUT2D eigenvalue weighted by molar-refractivity contribution is 0.284. The summed E-state index contributed by atoms with van der Waals surface area (Å²) in [6.45, 7) is 0.321. The lowest BCUT2D eigenvalue weighted by atomic mass is 10.2. The van der Waals surface area contributed by atoms with Gasteiger partial charge in [-0.15, -0.1) is 0 Å². The maximum Gasteiger partial charge on any atom is 0.186 e. The van der Waals surface area contributed by atoms with Crippen LogP contribution in [0.4, 0.5) is 4.39 Å². The molecule has 0 fully saturated rings. The third-order valence-electron chi connectivity index (χ3n) is 3.10. The standard InChI is InChI=1S/C17H18FN3O2S/c1-19-17(24)21-20-10-13-5-8-15(16(9-13)22-2)23-11-12-3-6-14(18)7-4-12/h3-10H,11H2,1-2H3,(H2,19,21,24)/b20-10+. The number of nitrogens with zero attached hydrogens (tertiary/aromatic N) is 1. The van der Waals surface area contributed by atoms with E-state index in [0.717, 1.165) is 11.1 Å². The van der Waals surface area contributed by atoms with Crippen LogP contribution in [0.25, 0.3) is 0 Å². The number of ether oxygens (including phenoxy) is 2. The molecule has 0 aliphatic carbocycles. The van der Waals surface area contributed by atoms with Crippen LogP contribution in [0.5, 0.6) is 11.5 Å². The minimum atomic E-state index is -0.272. The summed E-state index contributed by atoms with van der Waals surface area (Å²) < 4.78 is 24.0. The second-order valence-corrected chi connectivity index (χ2v) is 5.18. The van der Waals surface area contributed by atoms with Gasteiger partial charge in [0.2, 0.25) is 0 Å². The fourth-order valence-electron chi connectivity index (χ4n) is 1.85. The SMILES string of the molecule is CNC(=S)N/N=C/c1ccc(OCc2ccc(F)cc2)c(OC)c1. The molecule has 0 aliphatic heterocycles. The summed E-state index contributed by atoms with van der Waals surface area (Å²) in [5, 5.41) is 7.19. The van der Waals surface area contributed by atoms with Gasteiger partial charge in [0.05, 0.1) is 13.3 Å². The Bertz CT molecular complexity index is 720. The van der Waals surface area contributed by atoms with Crippen LogP contribution in [-0.2, 0) is 6.61 Å². The minimum absolute atomic E-state index is 0.272. The van der Waals surface area contributed by atoms with E-state index in [4.69, 9.17) is 21.7 Å². The molecular formula is C17H18FN3O2S. The van der Waals surface area contributed by atoms with Gasteiger partial charge in [-0.3, -0.25) is 5.43 Å². The summed E-state index contributed by atoms with van der Waals surface area (Å²) in [7, 11) is 3.27. The molecule has 0 atom stereocenters. The van der Waals surface area contributed by atoms with Crippen LogP contribution in [0.1, 0.15) is 11.1 Å². The van der Waals surface area contributed by atoms with E-state index >= 15 is 0 Å². The van der Waals surface area contributed by atoms with Gasteiger partial charge in [-0.25, -0.2) is 4.39 Å². The van der Waals surface area contributed by atoms with E-state index < -0.39 is 0 Å². The Balaban J connectivity index is 2.02. The second kappa shape index (κ2) is 8.83. The monoisotopic (exact) mass is 347 g/mol. The number of hydrogen-bond donors (Lipinski definition) is 2. The van der Waals surface area contributed by atoms with E-state index in [-0.39, 0.29) is 5.82 Å².